The fourth-order valence-electron chi connectivity index (χ4n) is 7.92. The molecule has 4 aliphatic carbocycles. The molecule has 4 aliphatic rings. The number of ether oxygens (including phenoxy) is 1. The van der Waals surface area contributed by atoms with E-state index in [4.69, 9.17) is 4.42 Å². The van der Waals surface area contributed by atoms with Crippen LogP contribution in [0.1, 0.15) is 61.1 Å². The Morgan fingerprint density at radius 3 is 2.55 bits per heavy atom. The van der Waals surface area contributed by atoms with Crippen LogP contribution in [0.5, 0.6) is 0 Å². The van der Waals surface area contributed by atoms with E-state index in [2.05, 4.69) is 20.7 Å². The van der Waals surface area contributed by atoms with Crippen LogP contribution in [0.15, 0.2) is 64.0 Å². The van der Waals surface area contributed by atoms with Crippen molar-refractivity contribution in [1.82, 2.24) is 15.2 Å². The van der Waals surface area contributed by atoms with Gasteiger partial charge >= 0.3 is 5.97 Å². The molecule has 47 heavy (non-hydrogen) atoms. The fraction of sp³-hybridized carbons (Fsp3) is 0.457. The summed E-state index contributed by atoms with van der Waals surface area (Å²) < 4.78 is 26.7. The van der Waals surface area contributed by atoms with Gasteiger partial charge in [-0.05, 0) is 87.8 Å². The van der Waals surface area contributed by atoms with Gasteiger partial charge in [0, 0.05) is 29.3 Å². The molecule has 7 rings (SSSR count). The van der Waals surface area contributed by atoms with E-state index in [9.17, 15) is 24.0 Å². The van der Waals surface area contributed by atoms with E-state index in [-0.39, 0.29) is 54.6 Å². The molecule has 3 amide bonds. The number of esters is 1. The number of hydrogen-bond donors (Lipinski definition) is 3. The van der Waals surface area contributed by atoms with Gasteiger partial charge in [-0.25, -0.2) is 9.18 Å². The van der Waals surface area contributed by atoms with Crippen molar-refractivity contribution in [2.45, 2.75) is 76.2 Å². The predicted octanol–water partition coefficient (Wildman–Crippen LogP) is 4.18. The van der Waals surface area contributed by atoms with E-state index in [1.54, 1.807) is 25.1 Å². The SMILES string of the molecule is COC(=O)/C=C/CC[C@H](NC(=O)c1oc2ccccc2c1C)C(=O)Nc1cccn(CC(=O)NC2C3CC4CC2CC(F)(C4)C3)c1=O. The summed E-state index contributed by atoms with van der Waals surface area (Å²) in [6, 6.07) is 8.95. The summed E-state index contributed by atoms with van der Waals surface area (Å²) in [5.41, 5.74) is -0.622. The number of nitrogens with zero attached hydrogens (tertiary/aromatic N) is 1. The van der Waals surface area contributed by atoms with Crippen LogP contribution >= 0.6 is 0 Å². The summed E-state index contributed by atoms with van der Waals surface area (Å²) in [6.45, 7) is 1.49. The minimum absolute atomic E-state index is 0.0583. The van der Waals surface area contributed by atoms with Crippen LogP contribution < -0.4 is 21.5 Å². The van der Waals surface area contributed by atoms with Crippen molar-refractivity contribution in [3.05, 3.63) is 76.4 Å². The Bertz CT molecular complexity index is 1780. The van der Waals surface area contributed by atoms with E-state index in [1.807, 2.05) is 12.1 Å². The molecule has 0 aliphatic heterocycles. The maximum absolute atomic E-state index is 15.1. The van der Waals surface area contributed by atoms with Gasteiger partial charge in [0.15, 0.2) is 5.76 Å². The highest BCUT2D eigenvalue weighted by atomic mass is 19.1. The molecule has 11 nitrogen and oxygen atoms in total. The number of carbonyl (C=O) groups is 4. The third-order valence-electron chi connectivity index (χ3n) is 9.87. The summed E-state index contributed by atoms with van der Waals surface area (Å²) in [5.74, 6) is -1.52. The van der Waals surface area contributed by atoms with Gasteiger partial charge in [-0.1, -0.05) is 24.3 Å². The standard InChI is InChI=1S/C35H39FN4O7/c1-20-24-8-3-5-11-27(24)47-31(20)33(44)37-25(9-4-6-12-29(42)46-2)32(43)38-26-10-7-13-40(34(26)45)19-28(41)39-30-22-14-21-15-23(30)18-35(36,16-21)17-22/h3,5-8,10-13,21-23,25,30H,4,9,14-19H2,1-2H3,(H,37,44)(H,38,43)(H,39,41)/b12-6+/t21?,22?,23?,25-,30?,35?/m0/s1. The molecule has 4 fully saturated rings. The highest BCUT2D eigenvalue weighted by Gasteiger charge is 2.56. The number of methoxy groups -OCH3 is 1. The van der Waals surface area contributed by atoms with Crippen molar-refractivity contribution >= 4 is 40.3 Å². The molecule has 248 valence electrons. The second kappa shape index (κ2) is 13.2. The molecule has 2 unspecified atom stereocenters. The number of amides is 3. The number of furan rings is 1. The fourth-order valence-corrected chi connectivity index (χ4v) is 7.92. The van der Waals surface area contributed by atoms with Crippen molar-refractivity contribution in [3.63, 3.8) is 0 Å². The van der Waals surface area contributed by atoms with Crippen LogP contribution in [0.2, 0.25) is 0 Å². The number of benzene rings is 1. The third-order valence-corrected chi connectivity index (χ3v) is 9.87. The number of carbonyl (C=O) groups excluding carboxylic acids is 4. The van der Waals surface area contributed by atoms with E-state index in [0.717, 1.165) is 18.2 Å². The summed E-state index contributed by atoms with van der Waals surface area (Å²) in [7, 11) is 1.25. The van der Waals surface area contributed by atoms with E-state index < -0.39 is 35.1 Å². The van der Waals surface area contributed by atoms with Gasteiger partial charge in [0.2, 0.25) is 11.8 Å². The summed E-state index contributed by atoms with van der Waals surface area (Å²) in [5, 5.41) is 9.15. The lowest BCUT2D eigenvalue weighted by molar-refractivity contribution is -0.134. The van der Waals surface area contributed by atoms with Crippen molar-refractivity contribution in [3.8, 4) is 0 Å². The molecule has 2 aromatic heterocycles. The Morgan fingerprint density at radius 1 is 1.11 bits per heavy atom. The molecule has 4 bridgehead atoms. The van der Waals surface area contributed by atoms with E-state index >= 15 is 4.39 Å². The van der Waals surface area contributed by atoms with Crippen LogP contribution in [0.3, 0.4) is 0 Å². The number of allylic oxidation sites excluding steroid dienone is 1. The molecule has 3 N–H and O–H groups in total. The smallest absolute Gasteiger partial charge is 0.330 e. The molecule has 3 atom stereocenters. The van der Waals surface area contributed by atoms with Gasteiger partial charge in [0.05, 0.1) is 7.11 Å². The molecule has 2 heterocycles. The largest absolute Gasteiger partial charge is 0.466 e. The number of para-hydroxylation sites is 1. The minimum Gasteiger partial charge on any atom is -0.466 e. The average molecular weight is 647 g/mol. The van der Waals surface area contributed by atoms with Crippen LogP contribution in [0.4, 0.5) is 10.1 Å². The molecule has 4 saturated carbocycles. The molecule has 0 radical (unpaired) electrons. The average Bonchev–Trinajstić information content (AvgIpc) is 3.37. The van der Waals surface area contributed by atoms with Gasteiger partial charge in [0.25, 0.3) is 11.5 Å². The Hall–Kier alpha value is -4.74. The van der Waals surface area contributed by atoms with Gasteiger partial charge in [-0.2, -0.15) is 0 Å². The topological polar surface area (TPSA) is 149 Å². The van der Waals surface area contributed by atoms with Gasteiger partial charge in [-0.15, -0.1) is 0 Å². The molecule has 0 spiro atoms. The van der Waals surface area contributed by atoms with Gasteiger partial charge in [0.1, 0.15) is 29.5 Å². The predicted molar refractivity (Wildman–Crippen MR) is 171 cm³/mol. The quantitative estimate of drug-likeness (QED) is 0.209. The lowest BCUT2D eigenvalue weighted by Gasteiger charge is -2.56. The highest BCUT2D eigenvalue weighted by Crippen LogP contribution is 2.57. The van der Waals surface area contributed by atoms with Crippen molar-refractivity contribution in [1.29, 1.82) is 0 Å². The molecular weight excluding hydrogens is 607 g/mol. The Labute approximate surface area is 270 Å². The Kier molecular flexibility index (Phi) is 9.03. The van der Waals surface area contributed by atoms with E-state index in [0.29, 0.717) is 36.3 Å². The molecule has 1 aromatic carbocycles. The number of rotatable bonds is 11. The van der Waals surface area contributed by atoms with E-state index in [1.165, 1.54) is 36.1 Å². The number of aryl methyl sites for hydroxylation is 1. The highest BCUT2D eigenvalue weighted by molar-refractivity contribution is 6.03. The Balaban J connectivity index is 1.13. The summed E-state index contributed by atoms with van der Waals surface area (Å²) in [6.07, 6.45) is 7.95. The third kappa shape index (κ3) is 6.86. The minimum atomic E-state index is -1.11. The number of alkyl halides is 1. The lowest BCUT2D eigenvalue weighted by atomic mass is 9.53. The first-order valence-corrected chi connectivity index (χ1v) is 16.1. The first kappa shape index (κ1) is 32.2. The zero-order valence-corrected chi connectivity index (χ0v) is 26.4. The number of nitrogens with one attached hydrogen (secondary N) is 3. The zero-order chi connectivity index (χ0) is 33.3. The number of anilines is 1. The Morgan fingerprint density at radius 2 is 1.85 bits per heavy atom. The zero-order valence-electron chi connectivity index (χ0n) is 26.4. The van der Waals surface area contributed by atoms with Crippen molar-refractivity contribution in [2.24, 2.45) is 17.8 Å². The number of hydrogen-bond acceptors (Lipinski definition) is 7. The van der Waals surface area contributed by atoms with Crippen LogP contribution in [-0.4, -0.2) is 53.1 Å². The monoisotopic (exact) mass is 646 g/mol. The van der Waals surface area contributed by atoms with Crippen LogP contribution in [-0.2, 0) is 25.7 Å². The van der Waals surface area contributed by atoms with Crippen LogP contribution in [0, 0.1) is 24.7 Å². The molecule has 0 saturated heterocycles. The molecular formula is C35H39FN4O7. The number of pyridine rings is 1. The summed E-state index contributed by atoms with van der Waals surface area (Å²) in [4.78, 5) is 64.8. The second-order valence-corrected chi connectivity index (χ2v) is 13.1. The molecule has 3 aromatic rings. The van der Waals surface area contributed by atoms with Crippen molar-refractivity contribution < 1.29 is 32.7 Å². The second-order valence-electron chi connectivity index (χ2n) is 13.1. The van der Waals surface area contributed by atoms with Gasteiger partial charge in [-0.3, -0.25) is 19.2 Å². The first-order valence-electron chi connectivity index (χ1n) is 16.1. The number of halogens is 1. The number of fused-ring (bicyclic) bond motifs is 1. The van der Waals surface area contributed by atoms with Crippen molar-refractivity contribution in [2.75, 3.05) is 12.4 Å². The first-order chi connectivity index (χ1) is 22.5. The maximum Gasteiger partial charge on any atom is 0.330 e. The van der Waals surface area contributed by atoms with Crippen LogP contribution in [0.25, 0.3) is 11.0 Å². The maximum atomic E-state index is 15.1. The summed E-state index contributed by atoms with van der Waals surface area (Å²) >= 11 is 0. The lowest BCUT2D eigenvalue weighted by Crippen LogP contribution is -2.60. The van der Waals surface area contributed by atoms with Gasteiger partial charge < -0.3 is 29.7 Å². The normalized spacial score (nSPS) is 25.1. The number of aromatic nitrogens is 1. The molecule has 12 heteroatoms.